The molecule has 0 unspecified atom stereocenters. The van der Waals surface area contributed by atoms with Gasteiger partial charge in [-0.05, 0) is 36.4 Å². The highest BCUT2D eigenvalue weighted by molar-refractivity contribution is 7.21. The molecule has 1 heterocycles. The zero-order valence-corrected chi connectivity index (χ0v) is 11.2. The molecule has 1 N–H and O–H groups in total. The Morgan fingerprint density at radius 2 is 1.79 bits per heavy atom. The number of fused-ring (bicyclic) bond motifs is 1. The molecule has 3 rings (SSSR count). The number of hydrogen-bond donors (Lipinski definition) is 1. The number of thiazole rings is 1. The van der Waals surface area contributed by atoms with Crippen molar-refractivity contribution in [2.24, 2.45) is 10.2 Å². The fourth-order valence-corrected chi connectivity index (χ4v) is 2.49. The van der Waals surface area contributed by atoms with Crippen LogP contribution >= 0.6 is 11.3 Å². The quantitative estimate of drug-likeness (QED) is 0.696. The Morgan fingerprint density at radius 1 is 1.00 bits per heavy atom. The number of hydrogen-bond acceptors (Lipinski definition) is 5. The summed E-state index contributed by atoms with van der Waals surface area (Å²) in [7, 11) is 1.89. The largest absolute Gasteiger partial charge is 0.388 e. The normalized spacial score (nSPS) is 11.2. The van der Waals surface area contributed by atoms with E-state index in [1.54, 1.807) is 11.3 Å². The van der Waals surface area contributed by atoms with E-state index in [0.717, 1.165) is 21.6 Å². The number of benzene rings is 2. The highest BCUT2D eigenvalue weighted by atomic mass is 32.1. The van der Waals surface area contributed by atoms with E-state index < -0.39 is 0 Å². The molecular weight excluding hydrogens is 256 g/mol. The van der Waals surface area contributed by atoms with E-state index in [0.29, 0.717) is 5.13 Å². The predicted octanol–water partition coefficient (Wildman–Crippen LogP) is 4.75. The lowest BCUT2D eigenvalue weighted by atomic mass is 10.3. The summed E-state index contributed by atoms with van der Waals surface area (Å²) in [5, 5.41) is 12.1. The van der Waals surface area contributed by atoms with Crippen molar-refractivity contribution in [3.63, 3.8) is 0 Å². The number of anilines is 1. The summed E-state index contributed by atoms with van der Waals surface area (Å²) in [4.78, 5) is 4.41. The second-order valence-corrected chi connectivity index (χ2v) is 4.97. The van der Waals surface area contributed by atoms with Crippen molar-refractivity contribution in [1.82, 2.24) is 4.98 Å². The third kappa shape index (κ3) is 2.61. The van der Waals surface area contributed by atoms with Gasteiger partial charge in [0.25, 0.3) is 0 Å². The van der Waals surface area contributed by atoms with Crippen molar-refractivity contribution >= 4 is 38.1 Å². The lowest BCUT2D eigenvalue weighted by Crippen LogP contribution is -1.84. The monoisotopic (exact) mass is 268 g/mol. The maximum absolute atomic E-state index is 4.41. The van der Waals surface area contributed by atoms with Gasteiger partial charge in [-0.1, -0.05) is 23.5 Å². The molecule has 0 saturated carbocycles. The number of azo groups is 1. The second-order valence-electron chi connectivity index (χ2n) is 3.96. The molecule has 0 bridgehead atoms. The fourth-order valence-electron chi connectivity index (χ4n) is 1.70. The van der Waals surface area contributed by atoms with Gasteiger partial charge in [-0.15, -0.1) is 10.2 Å². The van der Waals surface area contributed by atoms with Crippen LogP contribution in [0.25, 0.3) is 10.2 Å². The van der Waals surface area contributed by atoms with E-state index in [1.165, 1.54) is 0 Å². The molecule has 4 nitrogen and oxygen atoms in total. The van der Waals surface area contributed by atoms with Gasteiger partial charge in [-0.2, -0.15) is 0 Å². The van der Waals surface area contributed by atoms with Gasteiger partial charge in [0.05, 0.1) is 15.9 Å². The van der Waals surface area contributed by atoms with Crippen molar-refractivity contribution < 1.29 is 0 Å². The summed E-state index contributed by atoms with van der Waals surface area (Å²) in [5.74, 6) is 0. The Morgan fingerprint density at radius 3 is 2.53 bits per heavy atom. The first-order valence-electron chi connectivity index (χ1n) is 5.90. The maximum Gasteiger partial charge on any atom is 0.231 e. The smallest absolute Gasteiger partial charge is 0.231 e. The fraction of sp³-hybridized carbons (Fsp3) is 0.0714. The lowest BCUT2D eigenvalue weighted by Gasteiger charge is -1.97. The van der Waals surface area contributed by atoms with Crippen molar-refractivity contribution in [2.75, 3.05) is 12.4 Å². The van der Waals surface area contributed by atoms with Gasteiger partial charge in [0.15, 0.2) is 0 Å². The molecule has 19 heavy (non-hydrogen) atoms. The standard InChI is InChI=1S/C14H12N4S/c1-15-10-6-8-11(9-7-10)17-18-14-16-12-4-2-3-5-13(12)19-14/h2-9,15H,1H3. The van der Waals surface area contributed by atoms with Crippen LogP contribution in [0.15, 0.2) is 58.8 Å². The molecule has 94 valence electrons. The molecule has 0 saturated heterocycles. The van der Waals surface area contributed by atoms with Crippen LogP contribution in [-0.2, 0) is 0 Å². The van der Waals surface area contributed by atoms with Gasteiger partial charge < -0.3 is 5.32 Å². The Bertz CT molecular complexity index is 683. The number of para-hydroxylation sites is 1. The van der Waals surface area contributed by atoms with E-state index >= 15 is 0 Å². The zero-order valence-electron chi connectivity index (χ0n) is 10.4. The lowest BCUT2D eigenvalue weighted by molar-refractivity contribution is 1.21. The molecule has 5 heteroatoms. The molecule has 0 aliphatic rings. The zero-order chi connectivity index (χ0) is 13.1. The molecule has 1 aromatic heterocycles. The van der Waals surface area contributed by atoms with E-state index in [4.69, 9.17) is 0 Å². The topological polar surface area (TPSA) is 49.6 Å². The minimum Gasteiger partial charge on any atom is -0.388 e. The van der Waals surface area contributed by atoms with Crippen LogP contribution in [0.4, 0.5) is 16.5 Å². The van der Waals surface area contributed by atoms with Crippen LogP contribution in [0.1, 0.15) is 0 Å². The molecule has 0 fully saturated rings. The summed E-state index contributed by atoms with van der Waals surface area (Å²) in [6.45, 7) is 0. The van der Waals surface area contributed by atoms with Crippen LogP contribution in [0.5, 0.6) is 0 Å². The van der Waals surface area contributed by atoms with Crippen LogP contribution in [-0.4, -0.2) is 12.0 Å². The molecule has 0 aliphatic heterocycles. The summed E-state index contributed by atoms with van der Waals surface area (Å²) >= 11 is 1.54. The second kappa shape index (κ2) is 5.16. The molecule has 0 aliphatic carbocycles. The van der Waals surface area contributed by atoms with Gasteiger partial charge in [0, 0.05) is 12.7 Å². The van der Waals surface area contributed by atoms with E-state index in [1.807, 2.05) is 55.6 Å². The van der Waals surface area contributed by atoms with E-state index in [-0.39, 0.29) is 0 Å². The number of aromatic nitrogens is 1. The molecule has 0 amide bonds. The van der Waals surface area contributed by atoms with Crippen LogP contribution in [0.3, 0.4) is 0 Å². The third-order valence-corrected chi connectivity index (χ3v) is 3.61. The molecule has 0 spiro atoms. The summed E-state index contributed by atoms with van der Waals surface area (Å²) < 4.78 is 1.13. The van der Waals surface area contributed by atoms with Gasteiger partial charge in [0.2, 0.25) is 5.13 Å². The van der Waals surface area contributed by atoms with Crippen molar-refractivity contribution in [2.45, 2.75) is 0 Å². The molecule has 0 atom stereocenters. The Labute approximate surface area is 114 Å². The predicted molar refractivity (Wildman–Crippen MR) is 79.8 cm³/mol. The third-order valence-electron chi connectivity index (χ3n) is 2.69. The molecule has 0 radical (unpaired) electrons. The average molecular weight is 268 g/mol. The van der Waals surface area contributed by atoms with Gasteiger partial charge in [-0.3, -0.25) is 0 Å². The first-order chi connectivity index (χ1) is 9.35. The van der Waals surface area contributed by atoms with Gasteiger partial charge >= 0.3 is 0 Å². The molecular formula is C14H12N4S. The van der Waals surface area contributed by atoms with Gasteiger partial charge in [-0.25, -0.2) is 4.98 Å². The van der Waals surface area contributed by atoms with Crippen molar-refractivity contribution in [3.8, 4) is 0 Å². The number of nitrogens with one attached hydrogen (secondary N) is 1. The molecule has 3 aromatic rings. The van der Waals surface area contributed by atoms with E-state index in [2.05, 4.69) is 20.5 Å². The van der Waals surface area contributed by atoms with Crippen LogP contribution in [0, 0.1) is 0 Å². The highest BCUT2D eigenvalue weighted by Crippen LogP contribution is 2.29. The summed E-state index contributed by atoms with van der Waals surface area (Å²) in [5.41, 5.74) is 2.84. The average Bonchev–Trinajstić information content (AvgIpc) is 2.88. The maximum atomic E-state index is 4.41. The number of rotatable bonds is 3. The summed E-state index contributed by atoms with van der Waals surface area (Å²) in [6, 6.07) is 15.8. The minimum atomic E-state index is 0.680. The van der Waals surface area contributed by atoms with Crippen molar-refractivity contribution in [1.29, 1.82) is 0 Å². The SMILES string of the molecule is CNc1ccc(N=Nc2nc3ccccc3s2)cc1. The van der Waals surface area contributed by atoms with Crippen LogP contribution < -0.4 is 5.32 Å². The Kier molecular flexibility index (Phi) is 3.20. The molecule has 2 aromatic carbocycles. The Balaban J connectivity index is 1.84. The van der Waals surface area contributed by atoms with E-state index in [9.17, 15) is 0 Å². The Hall–Kier alpha value is -2.27. The van der Waals surface area contributed by atoms with Crippen LogP contribution in [0.2, 0.25) is 0 Å². The van der Waals surface area contributed by atoms with Crippen molar-refractivity contribution in [3.05, 3.63) is 48.5 Å². The first kappa shape index (κ1) is 11.8. The summed E-state index contributed by atoms with van der Waals surface area (Å²) in [6.07, 6.45) is 0. The minimum absolute atomic E-state index is 0.680. The highest BCUT2D eigenvalue weighted by Gasteiger charge is 2.01. The van der Waals surface area contributed by atoms with Gasteiger partial charge in [0.1, 0.15) is 0 Å². The first-order valence-corrected chi connectivity index (χ1v) is 6.72. The number of nitrogens with zero attached hydrogens (tertiary/aromatic N) is 3.